The lowest BCUT2D eigenvalue weighted by Gasteiger charge is -2.16. The van der Waals surface area contributed by atoms with Crippen molar-refractivity contribution in [2.45, 2.75) is 32.9 Å². The smallest absolute Gasteiger partial charge is 0.158 e. The van der Waals surface area contributed by atoms with Crippen molar-refractivity contribution in [3.63, 3.8) is 0 Å². The summed E-state index contributed by atoms with van der Waals surface area (Å²) in [6, 6.07) is 0. The van der Waals surface area contributed by atoms with E-state index in [4.69, 9.17) is 0 Å². The highest BCUT2D eigenvalue weighted by Crippen LogP contribution is 2.15. The van der Waals surface area contributed by atoms with Gasteiger partial charge in [-0.1, -0.05) is 0 Å². The van der Waals surface area contributed by atoms with Crippen LogP contribution in [0.4, 0.5) is 0 Å². The molecule has 1 aromatic rings. The minimum absolute atomic E-state index is 0.611. The Labute approximate surface area is 65.9 Å². The molecule has 0 aromatic carbocycles. The van der Waals surface area contributed by atoms with Crippen LogP contribution < -0.4 is 0 Å². The van der Waals surface area contributed by atoms with E-state index in [9.17, 15) is 5.11 Å². The third-order valence-electron chi connectivity index (χ3n) is 1.46. The largest absolute Gasteiger partial charge is 0.382 e. The van der Waals surface area contributed by atoms with Crippen molar-refractivity contribution in [3.05, 3.63) is 12.2 Å². The van der Waals surface area contributed by atoms with Gasteiger partial charge in [-0.25, -0.2) is 9.67 Å². The molecule has 1 rings (SSSR count). The first-order valence-electron chi connectivity index (χ1n) is 3.66. The van der Waals surface area contributed by atoms with Gasteiger partial charge in [0.25, 0.3) is 0 Å². The molecule has 11 heavy (non-hydrogen) atoms. The Morgan fingerprint density at radius 2 is 2.27 bits per heavy atom. The van der Waals surface area contributed by atoms with Crippen molar-refractivity contribution in [2.75, 3.05) is 0 Å². The van der Waals surface area contributed by atoms with Crippen molar-refractivity contribution >= 4 is 0 Å². The molecule has 0 amide bonds. The molecule has 0 aliphatic rings. The molecule has 4 heteroatoms. The molecule has 0 aliphatic carbocycles. The molecule has 0 saturated carbocycles. The summed E-state index contributed by atoms with van der Waals surface area (Å²) in [6.45, 7) is 6.09. The Hall–Kier alpha value is -0.900. The lowest BCUT2D eigenvalue weighted by Crippen LogP contribution is -2.22. The summed E-state index contributed by atoms with van der Waals surface area (Å²) in [5.74, 6) is 0.611. The summed E-state index contributed by atoms with van der Waals surface area (Å²) < 4.78 is 1.68. The maximum absolute atomic E-state index is 9.57. The fraction of sp³-hybridized carbons (Fsp3) is 0.714. The molecule has 1 aromatic heterocycles. The molecule has 0 aliphatic heterocycles. The predicted octanol–water partition coefficient (Wildman–Crippen LogP) is 0.525. The fourth-order valence-electron chi connectivity index (χ4n) is 0.969. The minimum atomic E-state index is -0.896. The summed E-state index contributed by atoms with van der Waals surface area (Å²) in [7, 11) is 0. The van der Waals surface area contributed by atoms with Gasteiger partial charge in [0, 0.05) is 6.54 Å². The Bertz CT molecular complexity index is 236. The van der Waals surface area contributed by atoms with Crippen LogP contribution in [-0.4, -0.2) is 19.9 Å². The van der Waals surface area contributed by atoms with Crippen molar-refractivity contribution in [2.24, 2.45) is 0 Å². The molecule has 0 spiro atoms. The molecule has 0 saturated heterocycles. The van der Waals surface area contributed by atoms with Crippen molar-refractivity contribution in [1.82, 2.24) is 14.8 Å². The standard InChI is InChI=1S/C7H13N3O/c1-4-10-6(7(2,3)11)8-5-9-10/h5,11H,4H2,1-3H3. The third-order valence-corrected chi connectivity index (χ3v) is 1.46. The van der Waals surface area contributed by atoms with Crippen LogP contribution in [0.1, 0.15) is 26.6 Å². The number of aliphatic hydroxyl groups is 1. The molecule has 62 valence electrons. The highest BCUT2D eigenvalue weighted by molar-refractivity contribution is 4.95. The first-order chi connectivity index (χ1) is 5.05. The number of nitrogens with zero attached hydrogens (tertiary/aromatic N) is 3. The van der Waals surface area contributed by atoms with Gasteiger partial charge in [-0.2, -0.15) is 5.10 Å². The van der Waals surface area contributed by atoms with E-state index in [0.717, 1.165) is 6.54 Å². The van der Waals surface area contributed by atoms with Gasteiger partial charge in [-0.3, -0.25) is 0 Å². The molecule has 0 radical (unpaired) electrons. The van der Waals surface area contributed by atoms with Crippen molar-refractivity contribution < 1.29 is 5.11 Å². The zero-order valence-electron chi connectivity index (χ0n) is 7.07. The first-order valence-corrected chi connectivity index (χ1v) is 3.66. The Morgan fingerprint density at radius 1 is 1.64 bits per heavy atom. The molecule has 1 N–H and O–H groups in total. The van der Waals surface area contributed by atoms with Gasteiger partial charge in [0.1, 0.15) is 11.9 Å². The van der Waals surface area contributed by atoms with E-state index in [0.29, 0.717) is 5.82 Å². The van der Waals surface area contributed by atoms with Crippen LogP contribution in [0.3, 0.4) is 0 Å². The third kappa shape index (κ3) is 1.57. The van der Waals surface area contributed by atoms with E-state index < -0.39 is 5.60 Å². The summed E-state index contributed by atoms with van der Waals surface area (Å²) >= 11 is 0. The van der Waals surface area contributed by atoms with Crippen molar-refractivity contribution in [1.29, 1.82) is 0 Å². The quantitative estimate of drug-likeness (QED) is 0.677. The zero-order chi connectivity index (χ0) is 8.48. The van der Waals surface area contributed by atoms with Gasteiger partial charge in [0.2, 0.25) is 0 Å². The SMILES string of the molecule is CCn1ncnc1C(C)(C)O. The number of hydrogen-bond donors (Lipinski definition) is 1. The van der Waals surface area contributed by atoms with E-state index >= 15 is 0 Å². The molecule has 0 bridgehead atoms. The number of aromatic nitrogens is 3. The maximum atomic E-state index is 9.57. The number of aryl methyl sites for hydroxylation is 1. The molecule has 4 nitrogen and oxygen atoms in total. The second-order valence-corrected chi connectivity index (χ2v) is 2.96. The molecular formula is C7H13N3O. The highest BCUT2D eigenvalue weighted by Gasteiger charge is 2.21. The lowest BCUT2D eigenvalue weighted by molar-refractivity contribution is 0.0637. The van der Waals surface area contributed by atoms with E-state index in [1.807, 2.05) is 6.92 Å². The fourth-order valence-corrected chi connectivity index (χ4v) is 0.969. The first kappa shape index (κ1) is 8.20. The molecule has 0 fully saturated rings. The molecular weight excluding hydrogens is 142 g/mol. The average Bonchev–Trinajstić information content (AvgIpc) is 2.31. The van der Waals surface area contributed by atoms with Gasteiger partial charge < -0.3 is 5.11 Å². The maximum Gasteiger partial charge on any atom is 0.158 e. The summed E-state index contributed by atoms with van der Waals surface area (Å²) in [4.78, 5) is 3.96. The van der Waals surface area contributed by atoms with Crippen molar-refractivity contribution in [3.8, 4) is 0 Å². The van der Waals surface area contributed by atoms with Crippen LogP contribution in [0, 0.1) is 0 Å². The summed E-state index contributed by atoms with van der Waals surface area (Å²) in [5.41, 5.74) is -0.896. The second-order valence-electron chi connectivity index (χ2n) is 2.96. The van der Waals surface area contributed by atoms with Crippen LogP contribution >= 0.6 is 0 Å². The molecule has 0 atom stereocenters. The van der Waals surface area contributed by atoms with E-state index in [-0.39, 0.29) is 0 Å². The summed E-state index contributed by atoms with van der Waals surface area (Å²) in [6.07, 6.45) is 1.46. The van der Waals surface area contributed by atoms with E-state index in [2.05, 4.69) is 10.1 Å². The predicted molar refractivity (Wildman–Crippen MR) is 40.9 cm³/mol. The van der Waals surface area contributed by atoms with E-state index in [1.54, 1.807) is 18.5 Å². The van der Waals surface area contributed by atoms with E-state index in [1.165, 1.54) is 6.33 Å². The van der Waals surface area contributed by atoms with Gasteiger partial charge in [-0.05, 0) is 20.8 Å². The van der Waals surface area contributed by atoms with Gasteiger partial charge >= 0.3 is 0 Å². The molecule has 0 unspecified atom stereocenters. The lowest BCUT2D eigenvalue weighted by atomic mass is 10.1. The van der Waals surface area contributed by atoms with Crippen LogP contribution in [0.2, 0.25) is 0 Å². The Balaban J connectivity index is 3.02. The number of hydrogen-bond acceptors (Lipinski definition) is 3. The van der Waals surface area contributed by atoms with Crippen LogP contribution in [0.15, 0.2) is 6.33 Å². The topological polar surface area (TPSA) is 50.9 Å². The normalized spacial score (nSPS) is 12.0. The highest BCUT2D eigenvalue weighted by atomic mass is 16.3. The van der Waals surface area contributed by atoms with Gasteiger partial charge in [0.15, 0.2) is 5.82 Å². The monoisotopic (exact) mass is 155 g/mol. The number of rotatable bonds is 2. The average molecular weight is 155 g/mol. The van der Waals surface area contributed by atoms with Crippen LogP contribution in [0.25, 0.3) is 0 Å². The van der Waals surface area contributed by atoms with Crippen LogP contribution in [0.5, 0.6) is 0 Å². The summed E-state index contributed by atoms with van der Waals surface area (Å²) in [5, 5.41) is 13.5. The molecule has 1 heterocycles. The Morgan fingerprint density at radius 3 is 2.64 bits per heavy atom. The second kappa shape index (κ2) is 2.62. The minimum Gasteiger partial charge on any atom is -0.382 e. The zero-order valence-corrected chi connectivity index (χ0v) is 7.07. The van der Waals surface area contributed by atoms with Gasteiger partial charge in [-0.15, -0.1) is 0 Å². The van der Waals surface area contributed by atoms with Crippen LogP contribution in [-0.2, 0) is 12.1 Å². The van der Waals surface area contributed by atoms with Gasteiger partial charge in [0.05, 0.1) is 0 Å². The Kier molecular flexibility index (Phi) is 1.95.